The Balaban J connectivity index is 1.57. The molecule has 0 aromatic heterocycles. The van der Waals surface area contributed by atoms with Crippen LogP contribution in [0.4, 0.5) is 4.39 Å². The fourth-order valence-corrected chi connectivity index (χ4v) is 3.69. The van der Waals surface area contributed by atoms with Crippen LogP contribution in [0.15, 0.2) is 23.2 Å². The number of guanidine groups is 1. The van der Waals surface area contributed by atoms with Crippen molar-refractivity contribution in [2.75, 3.05) is 39.4 Å². The van der Waals surface area contributed by atoms with Crippen molar-refractivity contribution in [2.24, 2.45) is 4.99 Å². The smallest absolute Gasteiger partial charge is 0.191 e. The Morgan fingerprint density at radius 1 is 1.42 bits per heavy atom. The van der Waals surface area contributed by atoms with Crippen molar-refractivity contribution in [3.8, 4) is 0 Å². The van der Waals surface area contributed by atoms with Crippen LogP contribution in [0.25, 0.3) is 0 Å². The highest BCUT2D eigenvalue weighted by molar-refractivity contribution is 6.31. The molecule has 2 aliphatic rings. The van der Waals surface area contributed by atoms with E-state index in [0.29, 0.717) is 23.2 Å². The minimum Gasteiger partial charge on any atom is -0.379 e. The lowest BCUT2D eigenvalue weighted by molar-refractivity contribution is 0.0220. The van der Waals surface area contributed by atoms with Gasteiger partial charge in [-0.15, -0.1) is 0 Å². The molecule has 1 saturated carbocycles. The van der Waals surface area contributed by atoms with E-state index in [0.717, 1.165) is 45.2 Å². The first-order chi connectivity index (χ1) is 12.6. The maximum absolute atomic E-state index is 14.1. The molecule has 0 radical (unpaired) electrons. The first-order valence-corrected chi connectivity index (χ1v) is 9.78. The van der Waals surface area contributed by atoms with Gasteiger partial charge in [0.05, 0.1) is 19.8 Å². The third-order valence-electron chi connectivity index (χ3n) is 5.01. The fraction of sp³-hybridized carbons (Fsp3) is 0.632. The lowest BCUT2D eigenvalue weighted by Crippen LogP contribution is -2.44. The minimum absolute atomic E-state index is 0.101. The number of nitrogens with one attached hydrogen (secondary N) is 2. The molecule has 144 valence electrons. The fourth-order valence-electron chi connectivity index (χ4n) is 3.39. The topological polar surface area (TPSA) is 48.9 Å². The molecule has 0 amide bonds. The van der Waals surface area contributed by atoms with Gasteiger partial charge in [0.15, 0.2) is 5.96 Å². The summed E-state index contributed by atoms with van der Waals surface area (Å²) in [5, 5.41) is 7.21. The van der Waals surface area contributed by atoms with Gasteiger partial charge in [-0.1, -0.05) is 17.7 Å². The average Bonchev–Trinajstić information content (AvgIpc) is 3.39. The monoisotopic (exact) mass is 382 g/mol. The Labute approximate surface area is 160 Å². The summed E-state index contributed by atoms with van der Waals surface area (Å²) in [6, 6.07) is 5.40. The first kappa shape index (κ1) is 19.4. The third-order valence-corrected chi connectivity index (χ3v) is 5.34. The van der Waals surface area contributed by atoms with Gasteiger partial charge in [-0.3, -0.25) is 9.89 Å². The van der Waals surface area contributed by atoms with Crippen molar-refractivity contribution < 1.29 is 9.13 Å². The highest BCUT2D eigenvalue weighted by atomic mass is 35.5. The van der Waals surface area contributed by atoms with Crippen molar-refractivity contribution in [1.29, 1.82) is 0 Å². The average molecular weight is 383 g/mol. The Morgan fingerprint density at radius 3 is 2.88 bits per heavy atom. The molecule has 1 heterocycles. The van der Waals surface area contributed by atoms with Crippen molar-refractivity contribution in [3.05, 3.63) is 34.6 Å². The number of benzene rings is 1. The van der Waals surface area contributed by atoms with Crippen molar-refractivity contribution in [1.82, 2.24) is 15.5 Å². The molecule has 7 heteroatoms. The summed E-state index contributed by atoms with van der Waals surface area (Å²) in [7, 11) is 0. The van der Waals surface area contributed by atoms with Crippen LogP contribution in [0.5, 0.6) is 0 Å². The number of morpholine rings is 1. The molecule has 0 spiro atoms. The normalized spacial score (nSPS) is 25.0. The molecule has 3 rings (SSSR count). The SMILES string of the molecule is CCNC(=NCC(C)N1CCOCC1)NC1CC1c1c(F)cccc1Cl. The highest BCUT2D eigenvalue weighted by Gasteiger charge is 2.41. The van der Waals surface area contributed by atoms with Crippen molar-refractivity contribution in [3.63, 3.8) is 0 Å². The molecule has 1 aliphatic carbocycles. The predicted molar refractivity (Wildman–Crippen MR) is 104 cm³/mol. The van der Waals surface area contributed by atoms with Gasteiger partial charge in [-0.05, 0) is 32.4 Å². The maximum Gasteiger partial charge on any atom is 0.191 e. The van der Waals surface area contributed by atoms with Crippen molar-refractivity contribution in [2.45, 2.75) is 38.3 Å². The molecule has 1 saturated heterocycles. The number of aliphatic imine (C=N–C) groups is 1. The van der Waals surface area contributed by atoms with E-state index in [1.165, 1.54) is 6.07 Å². The van der Waals surface area contributed by atoms with Crippen LogP contribution in [0.2, 0.25) is 5.02 Å². The Morgan fingerprint density at radius 2 is 2.19 bits per heavy atom. The molecule has 5 nitrogen and oxygen atoms in total. The number of halogens is 2. The number of nitrogens with zero attached hydrogens (tertiary/aromatic N) is 2. The number of hydrogen-bond donors (Lipinski definition) is 2. The van der Waals surface area contributed by atoms with E-state index < -0.39 is 0 Å². The molecule has 26 heavy (non-hydrogen) atoms. The zero-order chi connectivity index (χ0) is 18.5. The summed E-state index contributed by atoms with van der Waals surface area (Å²) in [6.45, 7) is 9.23. The Bertz CT molecular complexity index is 616. The summed E-state index contributed by atoms with van der Waals surface area (Å²) in [6.07, 6.45) is 0.865. The molecule has 2 fully saturated rings. The summed E-state index contributed by atoms with van der Waals surface area (Å²) < 4.78 is 19.5. The maximum atomic E-state index is 14.1. The minimum atomic E-state index is -0.227. The largest absolute Gasteiger partial charge is 0.379 e. The summed E-state index contributed by atoms with van der Waals surface area (Å²) in [5.74, 6) is 0.659. The molecular weight excluding hydrogens is 355 g/mol. The van der Waals surface area contributed by atoms with Crippen LogP contribution in [-0.2, 0) is 4.74 Å². The van der Waals surface area contributed by atoms with Crippen LogP contribution >= 0.6 is 11.6 Å². The molecule has 2 N–H and O–H groups in total. The third kappa shape index (κ3) is 4.87. The quantitative estimate of drug-likeness (QED) is 0.586. The summed E-state index contributed by atoms with van der Waals surface area (Å²) in [5.41, 5.74) is 0.615. The lowest BCUT2D eigenvalue weighted by Gasteiger charge is -2.31. The van der Waals surface area contributed by atoms with Gasteiger partial charge in [0.2, 0.25) is 0 Å². The summed E-state index contributed by atoms with van der Waals surface area (Å²) in [4.78, 5) is 7.13. The van der Waals surface area contributed by atoms with Crippen LogP contribution in [0.1, 0.15) is 31.7 Å². The van der Waals surface area contributed by atoms with Gasteiger partial charge in [0, 0.05) is 48.2 Å². The number of ether oxygens (including phenoxy) is 1. The van der Waals surface area contributed by atoms with Crippen LogP contribution in [-0.4, -0.2) is 62.3 Å². The van der Waals surface area contributed by atoms with Gasteiger partial charge in [0.25, 0.3) is 0 Å². The zero-order valence-electron chi connectivity index (χ0n) is 15.5. The summed E-state index contributed by atoms with van der Waals surface area (Å²) >= 11 is 6.19. The van der Waals surface area contributed by atoms with E-state index in [9.17, 15) is 4.39 Å². The van der Waals surface area contributed by atoms with Gasteiger partial charge < -0.3 is 15.4 Å². The lowest BCUT2D eigenvalue weighted by atomic mass is 10.1. The molecule has 3 atom stereocenters. The second-order valence-corrected chi connectivity index (χ2v) is 7.35. The van der Waals surface area contributed by atoms with Crippen LogP contribution in [0, 0.1) is 5.82 Å². The van der Waals surface area contributed by atoms with E-state index in [2.05, 4.69) is 22.5 Å². The van der Waals surface area contributed by atoms with Gasteiger partial charge >= 0.3 is 0 Å². The van der Waals surface area contributed by atoms with E-state index >= 15 is 0 Å². The van der Waals surface area contributed by atoms with Crippen molar-refractivity contribution >= 4 is 17.6 Å². The number of rotatable bonds is 6. The first-order valence-electron chi connectivity index (χ1n) is 9.40. The molecule has 0 bridgehead atoms. The van der Waals surface area contributed by atoms with Crippen LogP contribution in [0.3, 0.4) is 0 Å². The van der Waals surface area contributed by atoms with Crippen LogP contribution < -0.4 is 10.6 Å². The molecule has 1 aromatic rings. The van der Waals surface area contributed by atoms with E-state index in [1.54, 1.807) is 12.1 Å². The van der Waals surface area contributed by atoms with E-state index in [1.807, 2.05) is 6.92 Å². The Hall–Kier alpha value is -1.37. The van der Waals surface area contributed by atoms with Gasteiger partial charge in [0.1, 0.15) is 5.82 Å². The number of hydrogen-bond acceptors (Lipinski definition) is 3. The van der Waals surface area contributed by atoms with Gasteiger partial charge in [-0.2, -0.15) is 0 Å². The Kier molecular flexibility index (Phi) is 6.73. The second kappa shape index (κ2) is 9.02. The standard InChI is InChI=1S/C19H28ClFN4O/c1-3-22-19(23-12-13(2)25-7-9-26-10-8-25)24-17-11-14(17)18-15(20)5-4-6-16(18)21/h4-6,13-14,17H,3,7-12H2,1-2H3,(H2,22,23,24). The second-order valence-electron chi connectivity index (χ2n) is 6.95. The molecule has 3 unspecified atom stereocenters. The highest BCUT2D eigenvalue weighted by Crippen LogP contribution is 2.44. The molecule has 1 aliphatic heterocycles. The van der Waals surface area contributed by atoms with E-state index in [-0.39, 0.29) is 17.8 Å². The van der Waals surface area contributed by atoms with E-state index in [4.69, 9.17) is 21.3 Å². The molecular formula is C19H28ClFN4O. The van der Waals surface area contributed by atoms with Gasteiger partial charge in [-0.25, -0.2) is 4.39 Å². The predicted octanol–water partition coefficient (Wildman–Crippen LogP) is 2.61. The molecule has 1 aromatic carbocycles. The zero-order valence-corrected chi connectivity index (χ0v) is 16.2.